The van der Waals surface area contributed by atoms with E-state index in [9.17, 15) is 19.2 Å². The predicted octanol–water partition coefficient (Wildman–Crippen LogP) is 5.93. The van der Waals surface area contributed by atoms with E-state index in [0.717, 1.165) is 43.3 Å². The van der Waals surface area contributed by atoms with Crippen molar-refractivity contribution < 1.29 is 38.9 Å². The van der Waals surface area contributed by atoms with Crippen LogP contribution in [-0.4, -0.2) is 47.3 Å². The van der Waals surface area contributed by atoms with Crippen LogP contribution in [0.2, 0.25) is 0 Å². The van der Waals surface area contributed by atoms with Gasteiger partial charge in [0.1, 0.15) is 13.2 Å². The molecular weight excluding hydrogens is 464 g/mol. The number of carboxylic acid groups (broad SMARTS) is 2. The Hall–Kier alpha value is -3.16. The van der Waals surface area contributed by atoms with Gasteiger partial charge in [-0.05, 0) is 77.9 Å². The SMILES string of the molecule is CC(C)=CCCC(C)=CCCC(=CCCC(C)=CCOC(=O)CCC(=O)O)COC(=O)CCC(=O)O. The molecule has 36 heavy (non-hydrogen) atoms. The Kier molecular flexibility index (Phi) is 18.3. The van der Waals surface area contributed by atoms with Gasteiger partial charge in [-0.1, -0.05) is 34.9 Å². The highest BCUT2D eigenvalue weighted by atomic mass is 16.5. The fourth-order valence-corrected chi connectivity index (χ4v) is 3.05. The summed E-state index contributed by atoms with van der Waals surface area (Å²) in [5.41, 5.74) is 4.60. The quantitative estimate of drug-likeness (QED) is 0.163. The molecular formula is C28H42O8. The molecule has 0 aromatic heterocycles. The fourth-order valence-electron chi connectivity index (χ4n) is 3.05. The first-order valence-electron chi connectivity index (χ1n) is 12.4. The van der Waals surface area contributed by atoms with Crippen LogP contribution in [0.1, 0.15) is 91.9 Å². The standard InChI is InChI=1S/C28H42O8/c1-21(2)8-5-9-22(3)10-6-12-24(20-36-28(34)17-15-26(31)32)13-7-11-23(4)18-19-35-27(33)16-14-25(29)30/h8,10,13,18H,5-7,9,11-12,14-17,19-20H2,1-4H3,(H,29,30)(H,31,32). The number of carbonyl (C=O) groups is 4. The molecule has 202 valence electrons. The lowest BCUT2D eigenvalue weighted by Crippen LogP contribution is -2.10. The highest BCUT2D eigenvalue weighted by Crippen LogP contribution is 2.15. The zero-order valence-electron chi connectivity index (χ0n) is 22.1. The van der Waals surface area contributed by atoms with Gasteiger partial charge in [0.15, 0.2) is 0 Å². The van der Waals surface area contributed by atoms with Crippen molar-refractivity contribution in [1.82, 2.24) is 0 Å². The predicted molar refractivity (Wildman–Crippen MR) is 138 cm³/mol. The second-order valence-corrected chi connectivity index (χ2v) is 8.99. The molecule has 0 unspecified atom stereocenters. The van der Waals surface area contributed by atoms with E-state index in [4.69, 9.17) is 19.7 Å². The van der Waals surface area contributed by atoms with E-state index in [1.54, 1.807) is 6.08 Å². The summed E-state index contributed by atoms with van der Waals surface area (Å²) >= 11 is 0. The minimum Gasteiger partial charge on any atom is -0.481 e. The molecule has 0 rings (SSSR count). The first-order chi connectivity index (χ1) is 17.0. The van der Waals surface area contributed by atoms with Gasteiger partial charge in [0.25, 0.3) is 0 Å². The van der Waals surface area contributed by atoms with Crippen molar-refractivity contribution in [3.05, 3.63) is 46.6 Å². The molecule has 2 N–H and O–H groups in total. The smallest absolute Gasteiger partial charge is 0.306 e. The van der Waals surface area contributed by atoms with E-state index < -0.39 is 23.9 Å². The fraction of sp³-hybridized carbons (Fsp3) is 0.571. The number of esters is 2. The molecule has 0 aromatic rings. The zero-order chi connectivity index (χ0) is 27.3. The topological polar surface area (TPSA) is 127 Å². The molecule has 0 aliphatic heterocycles. The van der Waals surface area contributed by atoms with Crippen molar-refractivity contribution in [2.75, 3.05) is 13.2 Å². The third kappa shape index (κ3) is 21.4. The van der Waals surface area contributed by atoms with E-state index in [1.807, 2.05) is 13.0 Å². The molecule has 0 aromatic carbocycles. The number of hydrogen-bond acceptors (Lipinski definition) is 6. The zero-order valence-corrected chi connectivity index (χ0v) is 22.1. The Morgan fingerprint density at radius 1 is 0.583 bits per heavy atom. The number of ether oxygens (including phenoxy) is 2. The van der Waals surface area contributed by atoms with Crippen LogP contribution in [0, 0.1) is 0 Å². The average Bonchev–Trinajstić information content (AvgIpc) is 2.79. The average molecular weight is 507 g/mol. The van der Waals surface area contributed by atoms with Crippen molar-refractivity contribution >= 4 is 23.9 Å². The Morgan fingerprint density at radius 3 is 1.64 bits per heavy atom. The second-order valence-electron chi connectivity index (χ2n) is 8.99. The van der Waals surface area contributed by atoms with Crippen LogP contribution < -0.4 is 0 Å². The van der Waals surface area contributed by atoms with Crippen LogP contribution >= 0.6 is 0 Å². The molecule has 0 fully saturated rings. The molecule has 0 radical (unpaired) electrons. The van der Waals surface area contributed by atoms with Crippen LogP contribution in [0.15, 0.2) is 46.6 Å². The Balaban J connectivity index is 4.79. The first kappa shape index (κ1) is 32.8. The number of allylic oxidation sites excluding steroid dienone is 6. The summed E-state index contributed by atoms with van der Waals surface area (Å²) in [5, 5.41) is 17.3. The highest BCUT2D eigenvalue weighted by molar-refractivity contribution is 5.77. The molecule has 0 spiro atoms. The maximum absolute atomic E-state index is 11.8. The summed E-state index contributed by atoms with van der Waals surface area (Å²) in [5.74, 6) is -3.15. The Labute approximate surface area is 214 Å². The van der Waals surface area contributed by atoms with Crippen molar-refractivity contribution in [3.63, 3.8) is 0 Å². The van der Waals surface area contributed by atoms with Crippen LogP contribution in [0.5, 0.6) is 0 Å². The van der Waals surface area contributed by atoms with Gasteiger partial charge in [-0.2, -0.15) is 0 Å². The lowest BCUT2D eigenvalue weighted by Gasteiger charge is -2.09. The van der Waals surface area contributed by atoms with Gasteiger partial charge in [-0.3, -0.25) is 19.2 Å². The number of aliphatic carboxylic acids is 2. The van der Waals surface area contributed by atoms with E-state index in [2.05, 4.69) is 32.9 Å². The Morgan fingerprint density at radius 2 is 1.08 bits per heavy atom. The molecule has 0 aliphatic carbocycles. The van der Waals surface area contributed by atoms with Crippen molar-refractivity contribution in [1.29, 1.82) is 0 Å². The van der Waals surface area contributed by atoms with E-state index in [-0.39, 0.29) is 38.9 Å². The molecule has 8 heteroatoms. The molecule has 0 saturated heterocycles. The second kappa shape index (κ2) is 20.1. The summed E-state index contributed by atoms with van der Waals surface area (Å²) in [7, 11) is 0. The third-order valence-electron chi connectivity index (χ3n) is 5.20. The van der Waals surface area contributed by atoms with Gasteiger partial charge in [0.2, 0.25) is 0 Å². The van der Waals surface area contributed by atoms with Gasteiger partial charge in [-0.15, -0.1) is 0 Å². The molecule has 0 saturated carbocycles. The van der Waals surface area contributed by atoms with Crippen LogP contribution in [0.4, 0.5) is 0 Å². The van der Waals surface area contributed by atoms with Gasteiger partial charge in [0.05, 0.1) is 25.7 Å². The van der Waals surface area contributed by atoms with Crippen molar-refractivity contribution in [2.24, 2.45) is 0 Å². The van der Waals surface area contributed by atoms with E-state index >= 15 is 0 Å². The Bertz CT molecular complexity index is 842. The monoisotopic (exact) mass is 506 g/mol. The van der Waals surface area contributed by atoms with Crippen LogP contribution in [0.3, 0.4) is 0 Å². The maximum atomic E-state index is 11.8. The summed E-state index contributed by atoms with van der Waals surface area (Å²) < 4.78 is 10.3. The molecule has 0 aliphatic rings. The molecule has 8 nitrogen and oxygen atoms in total. The number of rotatable bonds is 19. The number of carboxylic acids is 2. The summed E-state index contributed by atoms with van der Waals surface area (Å²) in [6, 6.07) is 0. The number of hydrogen-bond donors (Lipinski definition) is 2. The molecule has 0 atom stereocenters. The van der Waals surface area contributed by atoms with Gasteiger partial charge in [0, 0.05) is 0 Å². The van der Waals surface area contributed by atoms with Gasteiger partial charge >= 0.3 is 23.9 Å². The largest absolute Gasteiger partial charge is 0.481 e. The normalized spacial score (nSPS) is 12.2. The van der Waals surface area contributed by atoms with Crippen LogP contribution in [-0.2, 0) is 28.7 Å². The summed E-state index contributed by atoms with van der Waals surface area (Å²) in [6.45, 7) is 8.42. The molecule has 0 bridgehead atoms. The maximum Gasteiger partial charge on any atom is 0.306 e. The van der Waals surface area contributed by atoms with E-state index in [1.165, 1.54) is 11.1 Å². The lowest BCUT2D eigenvalue weighted by molar-refractivity contribution is -0.147. The minimum atomic E-state index is -1.04. The first-order valence-corrected chi connectivity index (χ1v) is 12.4. The van der Waals surface area contributed by atoms with Crippen molar-refractivity contribution in [3.8, 4) is 0 Å². The molecule has 0 heterocycles. The summed E-state index contributed by atoms with van der Waals surface area (Å²) in [4.78, 5) is 44.4. The van der Waals surface area contributed by atoms with Crippen LogP contribution in [0.25, 0.3) is 0 Å². The number of carbonyl (C=O) groups excluding carboxylic acids is 2. The minimum absolute atomic E-state index is 0.0961. The van der Waals surface area contributed by atoms with Crippen molar-refractivity contribution in [2.45, 2.75) is 91.9 Å². The van der Waals surface area contributed by atoms with Gasteiger partial charge in [-0.25, -0.2) is 0 Å². The lowest BCUT2D eigenvalue weighted by atomic mass is 10.0. The van der Waals surface area contributed by atoms with E-state index in [0.29, 0.717) is 6.42 Å². The van der Waals surface area contributed by atoms with Gasteiger partial charge < -0.3 is 19.7 Å². The molecule has 0 amide bonds. The highest BCUT2D eigenvalue weighted by Gasteiger charge is 2.08. The third-order valence-corrected chi connectivity index (χ3v) is 5.20. The summed E-state index contributed by atoms with van der Waals surface area (Å²) in [6.07, 6.45) is 12.4.